The van der Waals surface area contributed by atoms with E-state index in [-0.39, 0.29) is 5.56 Å². The monoisotopic (exact) mass is 193 g/mol. The molecule has 1 aromatic heterocycles. The predicted molar refractivity (Wildman–Crippen MR) is 48.6 cm³/mol. The molecule has 1 rings (SSSR count). The first-order valence-corrected chi connectivity index (χ1v) is 3.72. The van der Waals surface area contributed by atoms with Gasteiger partial charge in [-0.05, 0) is 25.1 Å². The van der Waals surface area contributed by atoms with Gasteiger partial charge in [-0.1, -0.05) is 0 Å². The van der Waals surface area contributed by atoms with E-state index in [0.717, 1.165) is 0 Å². The van der Waals surface area contributed by atoms with Gasteiger partial charge in [-0.25, -0.2) is 9.97 Å². The van der Waals surface area contributed by atoms with Crippen molar-refractivity contribution in [3.63, 3.8) is 0 Å². The Labute approximate surface area is 79.7 Å². The number of hydrogen-bond acceptors (Lipinski definition) is 4. The lowest BCUT2D eigenvalue weighted by atomic mass is 10.3. The van der Waals surface area contributed by atoms with Crippen molar-refractivity contribution in [3.05, 3.63) is 23.5 Å². The molecule has 0 bridgehead atoms. The summed E-state index contributed by atoms with van der Waals surface area (Å²) < 4.78 is 12.9. The molecule has 0 unspecified atom stereocenters. The average Bonchev–Trinajstić information content (AvgIpc) is 2.09. The quantitative estimate of drug-likeness (QED) is 0.270. The van der Waals surface area contributed by atoms with Crippen molar-refractivity contribution in [2.75, 3.05) is 0 Å². The van der Waals surface area contributed by atoms with E-state index in [0.29, 0.717) is 5.82 Å². The van der Waals surface area contributed by atoms with Crippen LogP contribution < -0.4 is 0 Å². The molecule has 1 aromatic rings. The van der Waals surface area contributed by atoms with Crippen LogP contribution in [0.15, 0.2) is 11.2 Å². The summed E-state index contributed by atoms with van der Waals surface area (Å²) in [6, 6.07) is 2.25. The van der Waals surface area contributed by atoms with Crippen molar-refractivity contribution in [3.8, 4) is 12.0 Å². The van der Waals surface area contributed by atoms with Gasteiger partial charge in [0.25, 0.3) is 0 Å². The summed E-state index contributed by atoms with van der Waals surface area (Å²) in [5, 5.41) is 2.04. The minimum atomic E-state index is -0.653. The van der Waals surface area contributed by atoms with Crippen molar-refractivity contribution < 1.29 is 4.39 Å². The molecule has 0 radical (unpaired) electrons. The molecule has 5 heteroatoms. The molecule has 0 amide bonds. The predicted octanol–water partition coefficient (Wildman–Crippen LogP) is 1.34. The summed E-state index contributed by atoms with van der Waals surface area (Å²) >= 11 is 4.28. The van der Waals surface area contributed by atoms with E-state index >= 15 is 0 Å². The fourth-order valence-electron chi connectivity index (χ4n) is 0.637. The Morgan fingerprint density at radius 3 is 3.00 bits per heavy atom. The van der Waals surface area contributed by atoms with E-state index in [1.807, 2.05) is 5.16 Å². The van der Waals surface area contributed by atoms with Crippen molar-refractivity contribution >= 4 is 17.4 Å². The van der Waals surface area contributed by atoms with E-state index in [4.69, 9.17) is 0 Å². The SMILES string of the molecule is Cc1ncc(C#CN=C=S)c(F)n1. The second-order valence-electron chi connectivity index (χ2n) is 2.06. The normalized spacial score (nSPS) is 8.15. The molecule has 0 aliphatic rings. The molecular weight excluding hydrogens is 189 g/mol. The average molecular weight is 193 g/mol. The van der Waals surface area contributed by atoms with E-state index in [1.165, 1.54) is 6.20 Å². The van der Waals surface area contributed by atoms with Gasteiger partial charge in [0, 0.05) is 6.20 Å². The second-order valence-corrected chi connectivity index (χ2v) is 2.24. The third-order valence-electron chi connectivity index (χ3n) is 1.15. The number of aryl methyl sites for hydroxylation is 1. The zero-order valence-electron chi connectivity index (χ0n) is 6.71. The Balaban J connectivity index is 3.04. The van der Waals surface area contributed by atoms with Crippen molar-refractivity contribution in [1.29, 1.82) is 0 Å². The Hall–Kier alpha value is -1.63. The highest BCUT2D eigenvalue weighted by molar-refractivity contribution is 7.78. The van der Waals surface area contributed by atoms with E-state index in [9.17, 15) is 4.39 Å². The summed E-state index contributed by atoms with van der Waals surface area (Å²) in [6.45, 7) is 1.59. The van der Waals surface area contributed by atoms with Crippen LogP contribution in [0.2, 0.25) is 0 Å². The van der Waals surface area contributed by atoms with Gasteiger partial charge in [0.1, 0.15) is 5.82 Å². The van der Waals surface area contributed by atoms with Gasteiger partial charge in [-0.2, -0.15) is 4.39 Å². The molecule has 0 spiro atoms. The van der Waals surface area contributed by atoms with Gasteiger partial charge in [-0.15, -0.1) is 4.99 Å². The summed E-state index contributed by atoms with van der Waals surface area (Å²) in [5.74, 6) is 2.10. The lowest BCUT2D eigenvalue weighted by Crippen LogP contribution is -1.94. The summed E-state index contributed by atoms with van der Waals surface area (Å²) in [7, 11) is 0. The van der Waals surface area contributed by atoms with Crippen LogP contribution in [0, 0.1) is 24.8 Å². The Morgan fingerprint density at radius 1 is 1.62 bits per heavy atom. The summed E-state index contributed by atoms with van der Waals surface area (Å²) in [6.07, 6.45) is 1.30. The molecule has 3 nitrogen and oxygen atoms in total. The van der Waals surface area contributed by atoms with Gasteiger partial charge in [0.15, 0.2) is 0 Å². The van der Waals surface area contributed by atoms with Crippen LogP contribution in [0.5, 0.6) is 0 Å². The zero-order valence-corrected chi connectivity index (χ0v) is 7.52. The number of nitrogens with zero attached hydrogens (tertiary/aromatic N) is 3. The Kier molecular flexibility index (Phi) is 3.21. The van der Waals surface area contributed by atoms with Crippen molar-refractivity contribution in [2.45, 2.75) is 6.92 Å². The third-order valence-corrected chi connectivity index (χ3v) is 1.25. The summed E-state index contributed by atoms with van der Waals surface area (Å²) in [5.41, 5.74) is 0.0969. The van der Waals surface area contributed by atoms with E-state index in [1.54, 1.807) is 6.92 Å². The summed E-state index contributed by atoms with van der Waals surface area (Å²) in [4.78, 5) is 10.6. The fourth-order valence-corrected chi connectivity index (χ4v) is 0.683. The fraction of sp³-hybridized carbons (Fsp3) is 0.125. The first-order valence-electron chi connectivity index (χ1n) is 3.31. The van der Waals surface area contributed by atoms with Crippen LogP contribution in [0.3, 0.4) is 0 Å². The minimum absolute atomic E-state index is 0.0969. The van der Waals surface area contributed by atoms with Gasteiger partial charge in [0.05, 0.1) is 16.8 Å². The molecule has 0 aliphatic carbocycles. The Morgan fingerprint density at radius 2 is 2.38 bits per heavy atom. The molecule has 0 N–H and O–H groups in total. The minimum Gasteiger partial charge on any atom is -0.240 e. The maximum absolute atomic E-state index is 12.9. The first-order chi connectivity index (χ1) is 6.24. The molecular formula is C8H4FN3S. The molecule has 0 atom stereocenters. The number of aliphatic imine (C=N–C) groups is 1. The maximum Gasteiger partial charge on any atom is 0.232 e. The number of aromatic nitrogens is 2. The molecule has 0 fully saturated rings. The highest BCUT2D eigenvalue weighted by Crippen LogP contribution is 2.00. The number of halogens is 1. The molecule has 13 heavy (non-hydrogen) atoms. The zero-order chi connectivity index (χ0) is 9.68. The van der Waals surface area contributed by atoms with Crippen LogP contribution in [0.25, 0.3) is 0 Å². The van der Waals surface area contributed by atoms with Crippen molar-refractivity contribution in [1.82, 2.24) is 9.97 Å². The maximum atomic E-state index is 12.9. The van der Waals surface area contributed by atoms with Crippen LogP contribution >= 0.6 is 12.2 Å². The third kappa shape index (κ3) is 2.71. The number of rotatable bonds is 0. The molecule has 0 saturated carbocycles. The van der Waals surface area contributed by atoms with Crippen LogP contribution in [-0.4, -0.2) is 15.1 Å². The van der Waals surface area contributed by atoms with Crippen molar-refractivity contribution in [2.24, 2.45) is 4.99 Å². The lowest BCUT2D eigenvalue weighted by Gasteiger charge is -1.92. The molecule has 0 aromatic carbocycles. The van der Waals surface area contributed by atoms with Crippen LogP contribution in [0.1, 0.15) is 11.4 Å². The Bertz CT molecular complexity index is 427. The van der Waals surface area contributed by atoms with Crippen LogP contribution in [-0.2, 0) is 0 Å². The van der Waals surface area contributed by atoms with Gasteiger partial charge < -0.3 is 0 Å². The number of thiocarbonyl (C=S) groups is 1. The molecule has 64 valence electrons. The van der Waals surface area contributed by atoms with E-state index < -0.39 is 5.95 Å². The second kappa shape index (κ2) is 4.41. The van der Waals surface area contributed by atoms with Gasteiger partial charge >= 0.3 is 0 Å². The molecule has 0 saturated heterocycles. The number of hydrogen-bond donors (Lipinski definition) is 0. The largest absolute Gasteiger partial charge is 0.240 e. The van der Waals surface area contributed by atoms with E-state index in [2.05, 4.69) is 39.1 Å². The standard InChI is InChI=1S/C8H4FN3S/c1-6-11-4-7(8(9)12-6)2-3-10-5-13/h4H,1H3. The highest BCUT2D eigenvalue weighted by atomic mass is 32.1. The van der Waals surface area contributed by atoms with Gasteiger partial charge in [-0.3, -0.25) is 0 Å². The smallest absolute Gasteiger partial charge is 0.232 e. The highest BCUT2D eigenvalue weighted by Gasteiger charge is 2.00. The van der Waals surface area contributed by atoms with Crippen LogP contribution in [0.4, 0.5) is 4.39 Å². The molecule has 1 heterocycles. The first kappa shape index (κ1) is 9.46. The lowest BCUT2D eigenvalue weighted by molar-refractivity contribution is 0.570. The topological polar surface area (TPSA) is 38.1 Å². The van der Waals surface area contributed by atoms with Gasteiger partial charge in [0.2, 0.25) is 5.95 Å². The number of isothiocyanates is 1. The molecule has 0 aliphatic heterocycles.